The van der Waals surface area contributed by atoms with E-state index in [4.69, 9.17) is 4.74 Å². The highest BCUT2D eigenvalue weighted by molar-refractivity contribution is 7.92. The van der Waals surface area contributed by atoms with Gasteiger partial charge in [-0.15, -0.1) is 0 Å². The van der Waals surface area contributed by atoms with Crippen molar-refractivity contribution < 1.29 is 27.7 Å². The van der Waals surface area contributed by atoms with Crippen LogP contribution in [0.25, 0.3) is 0 Å². The lowest BCUT2D eigenvalue weighted by molar-refractivity contribution is -0.384. The van der Waals surface area contributed by atoms with Gasteiger partial charge in [0, 0.05) is 25.2 Å². The molecular weight excluding hydrogens is 500 g/mol. The molecule has 2 aromatic rings. The SMILES string of the molecule is CC[C@H](C(=O)NCC(C)C)N(Cc1ccccc1)C(=O)CN(c1cc([N+](=O)[O-])ccc1OC)S(C)(=O)=O. The molecule has 0 unspecified atom stereocenters. The molecule has 0 radical (unpaired) electrons. The number of nitro benzene ring substituents is 1. The van der Waals surface area contributed by atoms with E-state index in [9.17, 15) is 28.1 Å². The summed E-state index contributed by atoms with van der Waals surface area (Å²) >= 11 is 0. The summed E-state index contributed by atoms with van der Waals surface area (Å²) in [6, 6.07) is 11.7. The first-order valence-corrected chi connectivity index (χ1v) is 13.6. The average Bonchev–Trinajstić information content (AvgIpc) is 2.85. The van der Waals surface area contributed by atoms with E-state index >= 15 is 0 Å². The molecule has 0 spiro atoms. The van der Waals surface area contributed by atoms with Crippen LogP contribution in [-0.4, -0.2) is 62.6 Å². The summed E-state index contributed by atoms with van der Waals surface area (Å²) in [5, 5.41) is 14.2. The molecule has 2 aromatic carbocycles. The highest BCUT2D eigenvalue weighted by atomic mass is 32.2. The van der Waals surface area contributed by atoms with Crippen LogP contribution in [-0.2, 0) is 26.2 Å². The van der Waals surface area contributed by atoms with Gasteiger partial charge >= 0.3 is 0 Å². The Labute approximate surface area is 217 Å². The molecule has 1 atom stereocenters. The van der Waals surface area contributed by atoms with Crippen LogP contribution in [0.4, 0.5) is 11.4 Å². The van der Waals surface area contributed by atoms with Gasteiger partial charge in [-0.3, -0.25) is 24.0 Å². The van der Waals surface area contributed by atoms with Gasteiger partial charge in [-0.1, -0.05) is 51.1 Å². The molecule has 37 heavy (non-hydrogen) atoms. The van der Waals surface area contributed by atoms with Gasteiger partial charge in [-0.05, 0) is 24.0 Å². The summed E-state index contributed by atoms with van der Waals surface area (Å²) in [6.45, 7) is 5.47. The molecule has 11 nitrogen and oxygen atoms in total. The number of amides is 2. The number of non-ortho nitro benzene ring substituents is 1. The van der Waals surface area contributed by atoms with Crippen molar-refractivity contribution >= 4 is 33.2 Å². The molecule has 0 aliphatic carbocycles. The number of sulfonamides is 1. The van der Waals surface area contributed by atoms with Crippen LogP contribution in [0.1, 0.15) is 32.8 Å². The molecule has 2 rings (SSSR count). The Morgan fingerprint density at radius 3 is 2.30 bits per heavy atom. The molecule has 0 saturated heterocycles. The number of methoxy groups -OCH3 is 1. The second-order valence-electron chi connectivity index (χ2n) is 8.95. The van der Waals surface area contributed by atoms with E-state index in [-0.39, 0.29) is 35.5 Å². The molecular formula is C25H34N4O7S. The Hall–Kier alpha value is -3.67. The monoisotopic (exact) mass is 534 g/mol. The Morgan fingerprint density at radius 2 is 1.78 bits per heavy atom. The Balaban J connectivity index is 2.52. The van der Waals surface area contributed by atoms with Gasteiger partial charge in [0.1, 0.15) is 24.0 Å². The predicted molar refractivity (Wildman–Crippen MR) is 141 cm³/mol. The number of ether oxygens (including phenoxy) is 1. The minimum atomic E-state index is -4.09. The van der Waals surface area contributed by atoms with Crippen molar-refractivity contribution in [2.24, 2.45) is 5.92 Å². The number of benzene rings is 2. The summed E-state index contributed by atoms with van der Waals surface area (Å²) in [6.07, 6.45) is 1.19. The summed E-state index contributed by atoms with van der Waals surface area (Å²) in [7, 11) is -2.79. The Bertz CT molecular complexity index is 1200. The fourth-order valence-electron chi connectivity index (χ4n) is 3.70. The van der Waals surface area contributed by atoms with E-state index in [0.717, 1.165) is 22.2 Å². The highest BCUT2D eigenvalue weighted by Crippen LogP contribution is 2.34. The van der Waals surface area contributed by atoms with Gasteiger partial charge in [-0.25, -0.2) is 8.42 Å². The van der Waals surface area contributed by atoms with Crippen LogP contribution in [0.3, 0.4) is 0 Å². The lowest BCUT2D eigenvalue weighted by atomic mass is 10.1. The molecule has 0 heterocycles. The standard InChI is InChI=1S/C25H34N4O7S/c1-6-21(25(31)26-15-18(2)3)27(16-19-10-8-7-9-11-19)24(30)17-28(37(5,34)35)22-14-20(29(32)33)12-13-23(22)36-4/h7-14,18,21H,6,15-17H2,1-5H3,(H,26,31)/t21-/m1/s1. The summed E-state index contributed by atoms with van der Waals surface area (Å²) in [5.74, 6) is -0.754. The van der Waals surface area contributed by atoms with Crippen LogP contribution in [0.15, 0.2) is 48.5 Å². The first kappa shape index (κ1) is 29.6. The molecule has 202 valence electrons. The molecule has 0 saturated carbocycles. The van der Waals surface area contributed by atoms with Crippen LogP contribution in [0.5, 0.6) is 5.75 Å². The number of nitro groups is 1. The lowest BCUT2D eigenvalue weighted by Crippen LogP contribution is -2.52. The molecule has 12 heteroatoms. The Morgan fingerprint density at radius 1 is 1.14 bits per heavy atom. The van der Waals surface area contributed by atoms with Crippen molar-refractivity contribution in [1.29, 1.82) is 0 Å². The summed E-state index contributed by atoms with van der Waals surface area (Å²) in [5.41, 5.74) is 0.242. The minimum absolute atomic E-state index is 0.0418. The Kier molecular flexibility index (Phi) is 10.4. The predicted octanol–water partition coefficient (Wildman–Crippen LogP) is 2.95. The third-order valence-electron chi connectivity index (χ3n) is 5.59. The molecule has 2 amide bonds. The third kappa shape index (κ3) is 8.17. The van der Waals surface area contributed by atoms with E-state index in [2.05, 4.69) is 5.32 Å². The van der Waals surface area contributed by atoms with Crippen molar-refractivity contribution in [3.63, 3.8) is 0 Å². The number of carbonyl (C=O) groups excluding carboxylic acids is 2. The number of hydrogen-bond donors (Lipinski definition) is 1. The van der Waals surface area contributed by atoms with Crippen LogP contribution in [0, 0.1) is 16.0 Å². The third-order valence-corrected chi connectivity index (χ3v) is 6.71. The minimum Gasteiger partial charge on any atom is -0.495 e. The van der Waals surface area contributed by atoms with Gasteiger partial charge in [0.15, 0.2) is 0 Å². The molecule has 0 fully saturated rings. The lowest BCUT2D eigenvalue weighted by Gasteiger charge is -2.33. The van der Waals surface area contributed by atoms with Gasteiger partial charge in [0.2, 0.25) is 21.8 Å². The normalized spacial score (nSPS) is 12.1. The highest BCUT2D eigenvalue weighted by Gasteiger charge is 2.33. The van der Waals surface area contributed by atoms with E-state index in [1.807, 2.05) is 19.9 Å². The maximum Gasteiger partial charge on any atom is 0.271 e. The smallest absolute Gasteiger partial charge is 0.271 e. The van der Waals surface area contributed by atoms with Gasteiger partial charge in [0.25, 0.3) is 5.69 Å². The van der Waals surface area contributed by atoms with Crippen LogP contribution >= 0.6 is 0 Å². The first-order valence-electron chi connectivity index (χ1n) is 11.8. The molecule has 0 aliphatic heterocycles. The average molecular weight is 535 g/mol. The zero-order chi connectivity index (χ0) is 27.8. The largest absolute Gasteiger partial charge is 0.495 e. The first-order chi connectivity index (χ1) is 17.4. The van der Waals surface area contributed by atoms with E-state index in [0.29, 0.717) is 13.0 Å². The van der Waals surface area contributed by atoms with Crippen molar-refractivity contribution in [1.82, 2.24) is 10.2 Å². The van der Waals surface area contributed by atoms with Crippen LogP contribution < -0.4 is 14.4 Å². The number of carbonyl (C=O) groups is 2. The number of nitrogens with zero attached hydrogens (tertiary/aromatic N) is 3. The number of rotatable bonds is 13. The van der Waals surface area contributed by atoms with E-state index in [1.165, 1.54) is 24.1 Å². The van der Waals surface area contributed by atoms with E-state index in [1.54, 1.807) is 31.2 Å². The van der Waals surface area contributed by atoms with E-state index < -0.39 is 33.4 Å². The van der Waals surface area contributed by atoms with Crippen molar-refractivity contribution in [3.8, 4) is 5.75 Å². The molecule has 0 aliphatic rings. The second-order valence-corrected chi connectivity index (χ2v) is 10.9. The second kappa shape index (κ2) is 13.0. The number of anilines is 1. The van der Waals surface area contributed by atoms with Gasteiger partial charge in [-0.2, -0.15) is 0 Å². The van der Waals surface area contributed by atoms with Crippen molar-refractivity contribution in [2.75, 3.05) is 30.8 Å². The maximum absolute atomic E-state index is 13.7. The topological polar surface area (TPSA) is 139 Å². The summed E-state index contributed by atoms with van der Waals surface area (Å²) in [4.78, 5) is 38.8. The van der Waals surface area contributed by atoms with Gasteiger partial charge < -0.3 is 15.0 Å². The fourth-order valence-corrected chi connectivity index (χ4v) is 4.55. The van der Waals surface area contributed by atoms with Crippen molar-refractivity contribution in [2.45, 2.75) is 39.8 Å². The van der Waals surface area contributed by atoms with Crippen LogP contribution in [0.2, 0.25) is 0 Å². The fraction of sp³-hybridized carbons (Fsp3) is 0.440. The maximum atomic E-state index is 13.7. The molecule has 0 aromatic heterocycles. The molecule has 1 N–H and O–H groups in total. The van der Waals surface area contributed by atoms with Gasteiger partial charge in [0.05, 0.1) is 18.3 Å². The number of nitrogens with one attached hydrogen (secondary N) is 1. The number of hydrogen-bond acceptors (Lipinski definition) is 7. The zero-order valence-electron chi connectivity index (χ0n) is 21.7. The van der Waals surface area contributed by atoms with Crippen molar-refractivity contribution in [3.05, 3.63) is 64.2 Å². The molecule has 0 bridgehead atoms. The zero-order valence-corrected chi connectivity index (χ0v) is 22.5. The quantitative estimate of drug-likeness (QED) is 0.308. The summed E-state index contributed by atoms with van der Waals surface area (Å²) < 4.78 is 31.6.